The summed E-state index contributed by atoms with van der Waals surface area (Å²) in [6.07, 6.45) is 3.24. The molecule has 0 spiro atoms. The van der Waals surface area contributed by atoms with Crippen LogP contribution in [0.5, 0.6) is 0 Å². The first-order valence-electron chi connectivity index (χ1n) is 11.7. The van der Waals surface area contributed by atoms with Crippen molar-refractivity contribution < 1.29 is 14.3 Å². The number of aromatic nitrogens is 3. The Kier molecular flexibility index (Phi) is 6.91. The van der Waals surface area contributed by atoms with E-state index in [1.807, 2.05) is 32.9 Å². The number of rotatable bonds is 6. The molecule has 0 aliphatic carbocycles. The number of amides is 1. The first-order valence-corrected chi connectivity index (χ1v) is 11.7. The normalized spacial score (nSPS) is 11.8. The molecule has 35 heavy (non-hydrogen) atoms. The first kappa shape index (κ1) is 24.1. The molecule has 0 aliphatic rings. The Morgan fingerprint density at radius 3 is 2.57 bits per heavy atom. The first-order chi connectivity index (χ1) is 16.8. The van der Waals surface area contributed by atoms with Crippen molar-refractivity contribution in [1.29, 1.82) is 0 Å². The van der Waals surface area contributed by atoms with Crippen molar-refractivity contribution in [2.75, 3.05) is 6.61 Å². The van der Waals surface area contributed by atoms with Gasteiger partial charge in [-0.1, -0.05) is 37.1 Å². The molecular formula is C27H28N4O4. The molecule has 0 fully saturated rings. The lowest BCUT2D eigenvalue weighted by molar-refractivity contribution is 0.0523. The van der Waals surface area contributed by atoms with Crippen LogP contribution in [0.4, 0.5) is 0 Å². The summed E-state index contributed by atoms with van der Waals surface area (Å²) >= 11 is 0. The predicted octanol–water partition coefficient (Wildman–Crippen LogP) is 3.98. The highest BCUT2D eigenvalue weighted by molar-refractivity contribution is 5.97. The van der Waals surface area contributed by atoms with Crippen LogP contribution in [0.2, 0.25) is 0 Å². The Labute approximate surface area is 202 Å². The number of carbonyl (C=O) groups is 2. The van der Waals surface area contributed by atoms with E-state index in [9.17, 15) is 14.4 Å². The Bertz CT molecular complexity index is 1580. The number of hydrogen-bond acceptors (Lipinski definition) is 5. The van der Waals surface area contributed by atoms with E-state index in [1.54, 1.807) is 42.0 Å². The SMILES string of the molecule is CCCCn1c(=NC(=O)c2cccc(C)c2)c(C(=O)OCC)cc2c(=O)n3cccc(C)c3nc21. The lowest BCUT2D eigenvalue weighted by atomic mass is 10.1. The van der Waals surface area contributed by atoms with Gasteiger partial charge in [-0.15, -0.1) is 0 Å². The zero-order chi connectivity index (χ0) is 25.1. The van der Waals surface area contributed by atoms with E-state index in [4.69, 9.17) is 9.72 Å². The minimum Gasteiger partial charge on any atom is -0.462 e. The second kappa shape index (κ2) is 10.0. The van der Waals surface area contributed by atoms with Crippen LogP contribution in [0.25, 0.3) is 16.7 Å². The van der Waals surface area contributed by atoms with Crippen LogP contribution in [0.1, 0.15) is 58.5 Å². The van der Waals surface area contributed by atoms with Crippen LogP contribution in [0.3, 0.4) is 0 Å². The number of esters is 1. The van der Waals surface area contributed by atoms with Gasteiger partial charge in [0, 0.05) is 18.3 Å². The lowest BCUT2D eigenvalue weighted by Gasteiger charge is -2.15. The number of unbranched alkanes of at least 4 members (excludes halogenated alkanes) is 1. The fourth-order valence-corrected chi connectivity index (χ4v) is 4.03. The van der Waals surface area contributed by atoms with Crippen molar-refractivity contribution in [2.24, 2.45) is 4.99 Å². The zero-order valence-electron chi connectivity index (χ0n) is 20.4. The van der Waals surface area contributed by atoms with E-state index >= 15 is 0 Å². The van der Waals surface area contributed by atoms with Crippen LogP contribution in [0.15, 0.2) is 58.4 Å². The van der Waals surface area contributed by atoms with E-state index in [-0.39, 0.29) is 28.6 Å². The summed E-state index contributed by atoms with van der Waals surface area (Å²) in [5.41, 5.74) is 2.94. The molecule has 0 bridgehead atoms. The van der Waals surface area contributed by atoms with Crippen molar-refractivity contribution in [1.82, 2.24) is 14.0 Å². The third-order valence-electron chi connectivity index (χ3n) is 5.81. The highest BCUT2D eigenvalue weighted by atomic mass is 16.5. The maximum absolute atomic E-state index is 13.5. The molecule has 8 heteroatoms. The molecule has 180 valence electrons. The number of nitrogens with zero attached hydrogens (tertiary/aromatic N) is 4. The van der Waals surface area contributed by atoms with Gasteiger partial charge < -0.3 is 9.30 Å². The Morgan fingerprint density at radius 2 is 1.86 bits per heavy atom. The van der Waals surface area contributed by atoms with Gasteiger partial charge in [0.2, 0.25) is 0 Å². The van der Waals surface area contributed by atoms with Crippen LogP contribution in [-0.4, -0.2) is 32.4 Å². The minimum atomic E-state index is -0.649. The van der Waals surface area contributed by atoms with Gasteiger partial charge in [0.05, 0.1) is 12.0 Å². The summed E-state index contributed by atoms with van der Waals surface area (Å²) in [5, 5.41) is 0.259. The van der Waals surface area contributed by atoms with Gasteiger partial charge in [0.25, 0.3) is 11.5 Å². The van der Waals surface area contributed by atoms with E-state index in [2.05, 4.69) is 4.99 Å². The van der Waals surface area contributed by atoms with Gasteiger partial charge >= 0.3 is 5.97 Å². The lowest BCUT2D eigenvalue weighted by Crippen LogP contribution is -2.33. The Hall–Kier alpha value is -4.07. The molecule has 8 nitrogen and oxygen atoms in total. The summed E-state index contributed by atoms with van der Waals surface area (Å²) in [6.45, 7) is 8.08. The van der Waals surface area contributed by atoms with Crippen molar-refractivity contribution in [3.05, 3.63) is 86.8 Å². The average Bonchev–Trinajstić information content (AvgIpc) is 2.84. The van der Waals surface area contributed by atoms with Crippen LogP contribution in [0, 0.1) is 13.8 Å². The summed E-state index contributed by atoms with van der Waals surface area (Å²) in [7, 11) is 0. The van der Waals surface area contributed by atoms with Crippen molar-refractivity contribution in [3.8, 4) is 0 Å². The van der Waals surface area contributed by atoms with Crippen LogP contribution < -0.4 is 11.0 Å². The molecule has 0 saturated heterocycles. The molecule has 4 rings (SSSR count). The fraction of sp³-hybridized carbons (Fsp3) is 0.296. The molecule has 3 heterocycles. The largest absolute Gasteiger partial charge is 0.462 e. The van der Waals surface area contributed by atoms with Gasteiger partial charge in [0.15, 0.2) is 5.49 Å². The minimum absolute atomic E-state index is 0.0583. The molecule has 1 amide bonds. The molecule has 0 N–H and O–H groups in total. The number of fused-ring (bicyclic) bond motifs is 2. The monoisotopic (exact) mass is 472 g/mol. The van der Waals surface area contributed by atoms with Gasteiger partial charge in [0.1, 0.15) is 16.9 Å². The fourth-order valence-electron chi connectivity index (χ4n) is 4.03. The van der Waals surface area contributed by atoms with Gasteiger partial charge in [-0.25, -0.2) is 9.78 Å². The van der Waals surface area contributed by atoms with E-state index in [0.29, 0.717) is 23.4 Å². The Morgan fingerprint density at radius 1 is 1.06 bits per heavy atom. The molecule has 4 aromatic rings. The third kappa shape index (κ3) is 4.64. The molecule has 3 aromatic heterocycles. The number of aryl methyl sites for hydroxylation is 3. The van der Waals surface area contributed by atoms with Crippen molar-refractivity contribution in [3.63, 3.8) is 0 Å². The molecule has 0 aliphatic heterocycles. The van der Waals surface area contributed by atoms with Gasteiger partial charge in [-0.05, 0) is 57.0 Å². The molecular weight excluding hydrogens is 444 g/mol. The highest BCUT2D eigenvalue weighted by Crippen LogP contribution is 2.15. The second-order valence-electron chi connectivity index (χ2n) is 8.43. The van der Waals surface area contributed by atoms with Crippen molar-refractivity contribution in [2.45, 2.75) is 47.1 Å². The number of carbonyl (C=O) groups excluding carboxylic acids is 2. The number of benzene rings is 1. The summed E-state index contributed by atoms with van der Waals surface area (Å²) < 4.78 is 8.44. The van der Waals surface area contributed by atoms with Gasteiger partial charge in [-0.2, -0.15) is 4.99 Å². The second-order valence-corrected chi connectivity index (χ2v) is 8.43. The number of hydrogen-bond donors (Lipinski definition) is 0. The number of pyridine rings is 2. The van der Waals surface area contributed by atoms with E-state index in [0.717, 1.165) is 24.0 Å². The molecule has 0 unspecified atom stereocenters. The van der Waals surface area contributed by atoms with E-state index < -0.39 is 11.9 Å². The zero-order valence-corrected chi connectivity index (χ0v) is 20.4. The van der Waals surface area contributed by atoms with Crippen LogP contribution in [-0.2, 0) is 11.3 Å². The maximum Gasteiger partial charge on any atom is 0.341 e. The smallest absolute Gasteiger partial charge is 0.341 e. The van der Waals surface area contributed by atoms with Gasteiger partial charge in [-0.3, -0.25) is 14.0 Å². The maximum atomic E-state index is 13.5. The summed E-state index contributed by atoms with van der Waals surface area (Å²) in [4.78, 5) is 48.8. The average molecular weight is 473 g/mol. The molecule has 1 aromatic carbocycles. The van der Waals surface area contributed by atoms with Crippen LogP contribution >= 0.6 is 0 Å². The highest BCUT2D eigenvalue weighted by Gasteiger charge is 2.20. The molecule has 0 atom stereocenters. The molecule has 0 saturated carbocycles. The van der Waals surface area contributed by atoms with Crippen molar-refractivity contribution >= 4 is 28.6 Å². The summed E-state index contributed by atoms with van der Waals surface area (Å²) in [6, 6.07) is 12.2. The van der Waals surface area contributed by atoms with E-state index in [1.165, 1.54) is 10.5 Å². The number of ether oxygens (including phenoxy) is 1. The predicted molar refractivity (Wildman–Crippen MR) is 134 cm³/mol. The summed E-state index contributed by atoms with van der Waals surface area (Å²) in [5.74, 6) is -1.14. The molecule has 0 radical (unpaired) electrons. The standard InChI is InChI=1S/C27H28N4O4/c1-5-7-13-30-23-20(26(33)31-14-9-11-18(4)22(31)28-23)16-21(27(34)35-6-2)24(30)29-25(32)19-12-8-10-17(3)15-19/h8-12,14-16H,5-7,13H2,1-4H3. The third-order valence-corrected chi connectivity index (χ3v) is 5.81. The Balaban J connectivity index is 2.14. The quantitative estimate of drug-likeness (QED) is 0.312. The topological polar surface area (TPSA) is 95.0 Å².